The molecule has 0 aliphatic heterocycles. The second-order valence-electron chi connectivity index (χ2n) is 4.39. The fraction of sp³-hybridized carbons (Fsp3) is 0.286. The molecular formula is C14H16Cl2N4. The first-order valence-corrected chi connectivity index (χ1v) is 7.13. The van der Waals surface area contributed by atoms with Crippen molar-refractivity contribution in [3.05, 3.63) is 51.9 Å². The number of hydrogen-bond donors (Lipinski definition) is 2. The maximum atomic E-state index is 6.24. The van der Waals surface area contributed by atoms with Gasteiger partial charge in [-0.3, -0.25) is 4.98 Å². The molecular weight excluding hydrogens is 295 g/mol. The lowest BCUT2D eigenvalue weighted by molar-refractivity contribution is 0.587. The largest absolute Gasteiger partial charge is 0.383 e. The molecule has 2 aromatic rings. The van der Waals surface area contributed by atoms with E-state index in [-0.39, 0.29) is 6.04 Å². The molecule has 2 heterocycles. The van der Waals surface area contributed by atoms with Crippen LogP contribution in [0.4, 0.5) is 5.82 Å². The quantitative estimate of drug-likeness (QED) is 0.887. The summed E-state index contributed by atoms with van der Waals surface area (Å²) in [5, 5.41) is 4.50. The van der Waals surface area contributed by atoms with Crippen LogP contribution in [-0.2, 0) is 0 Å². The number of nitrogens with zero attached hydrogens (tertiary/aromatic N) is 2. The molecule has 0 radical (unpaired) electrons. The molecule has 106 valence electrons. The minimum absolute atomic E-state index is 0.227. The van der Waals surface area contributed by atoms with Crippen molar-refractivity contribution in [1.82, 2.24) is 15.3 Å². The highest BCUT2D eigenvalue weighted by Gasteiger charge is 2.21. The Bertz CT molecular complexity index is 589. The summed E-state index contributed by atoms with van der Waals surface area (Å²) in [4.78, 5) is 8.46. The highest BCUT2D eigenvalue weighted by atomic mass is 35.5. The van der Waals surface area contributed by atoms with Crippen molar-refractivity contribution in [2.45, 2.75) is 19.4 Å². The topological polar surface area (TPSA) is 63.8 Å². The summed E-state index contributed by atoms with van der Waals surface area (Å²) < 4.78 is 0. The molecule has 0 aromatic carbocycles. The number of halogens is 2. The molecule has 0 bridgehead atoms. The van der Waals surface area contributed by atoms with E-state index < -0.39 is 0 Å². The lowest BCUT2D eigenvalue weighted by Gasteiger charge is -2.20. The van der Waals surface area contributed by atoms with Gasteiger partial charge in [-0.15, -0.1) is 0 Å². The van der Waals surface area contributed by atoms with Crippen molar-refractivity contribution in [1.29, 1.82) is 0 Å². The van der Waals surface area contributed by atoms with Gasteiger partial charge in [0, 0.05) is 18.0 Å². The minimum Gasteiger partial charge on any atom is -0.383 e. The smallest absolute Gasteiger partial charge is 0.128 e. The maximum Gasteiger partial charge on any atom is 0.128 e. The Balaban J connectivity index is 2.47. The molecule has 0 saturated carbocycles. The average molecular weight is 311 g/mol. The van der Waals surface area contributed by atoms with E-state index in [1.165, 1.54) is 6.20 Å². The van der Waals surface area contributed by atoms with Crippen LogP contribution in [-0.4, -0.2) is 16.5 Å². The molecule has 3 N–H and O–H groups in total. The van der Waals surface area contributed by atoms with Crippen molar-refractivity contribution in [3.63, 3.8) is 0 Å². The zero-order valence-electron chi connectivity index (χ0n) is 11.1. The highest BCUT2D eigenvalue weighted by molar-refractivity contribution is 6.31. The third-order valence-corrected chi connectivity index (χ3v) is 3.41. The van der Waals surface area contributed by atoms with Crippen LogP contribution in [0, 0.1) is 0 Å². The van der Waals surface area contributed by atoms with E-state index in [2.05, 4.69) is 22.2 Å². The summed E-state index contributed by atoms with van der Waals surface area (Å²) in [6.07, 6.45) is 4.21. The lowest BCUT2D eigenvalue weighted by atomic mass is 10.0. The van der Waals surface area contributed by atoms with Crippen molar-refractivity contribution >= 4 is 29.0 Å². The summed E-state index contributed by atoms with van der Waals surface area (Å²) >= 11 is 12.3. The molecule has 0 amide bonds. The van der Waals surface area contributed by atoms with Crippen molar-refractivity contribution in [2.75, 3.05) is 12.3 Å². The van der Waals surface area contributed by atoms with Gasteiger partial charge in [0.2, 0.25) is 0 Å². The molecule has 20 heavy (non-hydrogen) atoms. The van der Waals surface area contributed by atoms with Gasteiger partial charge in [-0.2, -0.15) is 0 Å². The summed E-state index contributed by atoms with van der Waals surface area (Å²) in [7, 11) is 0. The molecule has 6 heteroatoms. The zero-order valence-corrected chi connectivity index (χ0v) is 12.6. The Kier molecular flexibility index (Phi) is 5.17. The number of pyridine rings is 2. The van der Waals surface area contributed by atoms with Gasteiger partial charge in [0.1, 0.15) is 5.82 Å². The molecule has 0 aliphatic carbocycles. The van der Waals surface area contributed by atoms with Gasteiger partial charge in [0.25, 0.3) is 0 Å². The van der Waals surface area contributed by atoms with Crippen LogP contribution < -0.4 is 11.1 Å². The number of hydrogen-bond acceptors (Lipinski definition) is 4. The van der Waals surface area contributed by atoms with E-state index in [9.17, 15) is 0 Å². The van der Waals surface area contributed by atoms with E-state index in [4.69, 9.17) is 28.9 Å². The number of nitrogens with one attached hydrogen (secondary N) is 1. The van der Waals surface area contributed by atoms with Crippen LogP contribution in [0.25, 0.3) is 0 Å². The lowest BCUT2D eigenvalue weighted by Crippen LogP contribution is -2.25. The SMILES string of the molecule is CCCNC(c1cc(Cl)cnc1N)c1ncccc1Cl. The Morgan fingerprint density at radius 2 is 2.15 bits per heavy atom. The van der Waals surface area contributed by atoms with Gasteiger partial charge in [-0.05, 0) is 31.2 Å². The van der Waals surface area contributed by atoms with Crippen molar-refractivity contribution in [2.24, 2.45) is 0 Å². The normalized spacial score (nSPS) is 12.3. The van der Waals surface area contributed by atoms with Crippen molar-refractivity contribution in [3.8, 4) is 0 Å². The Morgan fingerprint density at radius 1 is 1.35 bits per heavy atom. The Morgan fingerprint density at radius 3 is 2.85 bits per heavy atom. The molecule has 1 unspecified atom stereocenters. The van der Waals surface area contributed by atoms with E-state index >= 15 is 0 Å². The predicted molar refractivity (Wildman–Crippen MR) is 83.0 cm³/mol. The molecule has 2 aromatic heterocycles. The van der Waals surface area contributed by atoms with Crippen LogP contribution in [0.5, 0.6) is 0 Å². The second-order valence-corrected chi connectivity index (χ2v) is 5.23. The average Bonchev–Trinajstić information content (AvgIpc) is 2.44. The predicted octanol–water partition coefficient (Wildman–Crippen LogP) is 3.45. The van der Waals surface area contributed by atoms with Gasteiger partial charge in [0.15, 0.2) is 0 Å². The molecule has 0 aliphatic rings. The Hall–Kier alpha value is -1.36. The minimum atomic E-state index is -0.227. The number of anilines is 1. The van der Waals surface area contributed by atoms with Gasteiger partial charge in [-0.1, -0.05) is 30.1 Å². The summed E-state index contributed by atoms with van der Waals surface area (Å²) in [6, 6.07) is 5.17. The van der Waals surface area contributed by atoms with Gasteiger partial charge >= 0.3 is 0 Å². The van der Waals surface area contributed by atoms with Gasteiger partial charge < -0.3 is 11.1 Å². The first kappa shape index (κ1) is 15.0. The first-order valence-electron chi connectivity index (χ1n) is 6.38. The number of nitrogen functional groups attached to an aromatic ring is 1. The number of aromatic nitrogens is 2. The van der Waals surface area contributed by atoms with Gasteiger partial charge in [0.05, 0.1) is 21.8 Å². The van der Waals surface area contributed by atoms with E-state index in [0.717, 1.165) is 24.2 Å². The summed E-state index contributed by atoms with van der Waals surface area (Å²) in [6.45, 7) is 2.90. The Labute approximate surface area is 128 Å². The molecule has 0 spiro atoms. The summed E-state index contributed by atoms with van der Waals surface area (Å²) in [5.41, 5.74) is 7.47. The van der Waals surface area contributed by atoms with E-state index in [1.54, 1.807) is 24.4 Å². The van der Waals surface area contributed by atoms with Crippen LogP contribution in [0.2, 0.25) is 10.0 Å². The summed E-state index contributed by atoms with van der Waals surface area (Å²) in [5.74, 6) is 0.421. The molecule has 1 atom stereocenters. The highest BCUT2D eigenvalue weighted by Crippen LogP contribution is 2.30. The molecule has 0 saturated heterocycles. The fourth-order valence-corrected chi connectivity index (χ4v) is 2.35. The molecule has 2 rings (SSSR count). The van der Waals surface area contributed by atoms with E-state index in [1.807, 2.05) is 0 Å². The number of rotatable bonds is 5. The van der Waals surface area contributed by atoms with Gasteiger partial charge in [-0.25, -0.2) is 4.98 Å². The van der Waals surface area contributed by atoms with E-state index in [0.29, 0.717) is 15.9 Å². The third kappa shape index (κ3) is 3.39. The van der Waals surface area contributed by atoms with Crippen LogP contribution in [0.1, 0.15) is 30.6 Å². The van der Waals surface area contributed by atoms with Crippen LogP contribution in [0.3, 0.4) is 0 Å². The first-order chi connectivity index (χ1) is 9.63. The van der Waals surface area contributed by atoms with Crippen LogP contribution in [0.15, 0.2) is 30.6 Å². The second kappa shape index (κ2) is 6.88. The number of nitrogens with two attached hydrogens (primary N) is 1. The monoisotopic (exact) mass is 310 g/mol. The third-order valence-electron chi connectivity index (χ3n) is 2.89. The standard InChI is InChI=1S/C14H16Cl2N4/c1-2-5-18-12(13-11(16)4-3-6-19-13)10-7-9(15)8-20-14(10)17/h3-4,6-8,12,18H,2,5H2,1H3,(H2,17,20). The van der Waals surface area contributed by atoms with Crippen molar-refractivity contribution < 1.29 is 0 Å². The molecule has 4 nitrogen and oxygen atoms in total. The maximum absolute atomic E-state index is 6.24. The molecule has 0 fully saturated rings. The fourth-order valence-electron chi connectivity index (χ4n) is 1.95. The van der Waals surface area contributed by atoms with Crippen LogP contribution >= 0.6 is 23.2 Å². The zero-order chi connectivity index (χ0) is 14.5.